The van der Waals surface area contributed by atoms with Crippen molar-refractivity contribution < 1.29 is 24.2 Å². The first-order chi connectivity index (χ1) is 10.2. The van der Waals surface area contributed by atoms with Crippen molar-refractivity contribution in [3.8, 4) is 5.75 Å². The standard InChI is InChI=1S/C13H22BN3O5/c1-13(2,3)21-12(18)16-6-4-10(5-7-16)17-9-11(8-15-17)22-14(19)20/h8-10,19-20H,4-7H2,1-3H3. The molecular formula is C13H22BN3O5. The third kappa shape index (κ3) is 4.64. The number of piperidine rings is 1. The first kappa shape index (κ1) is 16.6. The van der Waals surface area contributed by atoms with Gasteiger partial charge in [0.15, 0.2) is 0 Å². The Balaban J connectivity index is 1.86. The monoisotopic (exact) mass is 311 g/mol. The van der Waals surface area contributed by atoms with Gasteiger partial charge in [0, 0.05) is 13.1 Å². The summed E-state index contributed by atoms with van der Waals surface area (Å²) in [4.78, 5) is 13.7. The van der Waals surface area contributed by atoms with E-state index in [2.05, 4.69) is 5.10 Å². The summed E-state index contributed by atoms with van der Waals surface area (Å²) in [6, 6.07) is 0.145. The largest absolute Gasteiger partial charge is 0.707 e. The van der Waals surface area contributed by atoms with E-state index in [4.69, 9.17) is 19.4 Å². The van der Waals surface area contributed by atoms with Crippen molar-refractivity contribution in [2.45, 2.75) is 45.3 Å². The highest BCUT2D eigenvalue weighted by Gasteiger charge is 2.28. The maximum atomic E-state index is 12.0. The fourth-order valence-corrected chi connectivity index (χ4v) is 2.34. The van der Waals surface area contributed by atoms with E-state index in [9.17, 15) is 4.79 Å². The Morgan fingerprint density at radius 2 is 2.00 bits per heavy atom. The van der Waals surface area contributed by atoms with Crippen LogP contribution in [0.4, 0.5) is 4.79 Å². The third-order valence-electron chi connectivity index (χ3n) is 3.31. The van der Waals surface area contributed by atoms with Crippen molar-refractivity contribution in [1.29, 1.82) is 0 Å². The number of ether oxygens (including phenoxy) is 1. The van der Waals surface area contributed by atoms with Gasteiger partial charge in [0.05, 0.1) is 18.4 Å². The SMILES string of the molecule is CC(C)(C)OC(=O)N1CCC(n2cc(OB(O)O)cn2)CC1. The van der Waals surface area contributed by atoms with Gasteiger partial charge in [0.1, 0.15) is 11.4 Å². The van der Waals surface area contributed by atoms with Gasteiger partial charge in [-0.25, -0.2) is 4.79 Å². The molecule has 8 nitrogen and oxygen atoms in total. The smallest absolute Gasteiger partial charge is 0.509 e. The lowest BCUT2D eigenvalue weighted by atomic mass is 10.1. The highest BCUT2D eigenvalue weighted by molar-refractivity contribution is 6.33. The molecule has 0 atom stereocenters. The second-order valence-electron chi connectivity index (χ2n) is 6.30. The molecule has 0 bridgehead atoms. The zero-order valence-electron chi connectivity index (χ0n) is 13.1. The summed E-state index contributed by atoms with van der Waals surface area (Å²) < 4.78 is 11.8. The summed E-state index contributed by atoms with van der Waals surface area (Å²) in [5, 5.41) is 21.7. The van der Waals surface area contributed by atoms with Gasteiger partial charge in [-0.05, 0) is 33.6 Å². The number of aromatic nitrogens is 2. The molecular weight excluding hydrogens is 289 g/mol. The van der Waals surface area contributed by atoms with E-state index in [0.29, 0.717) is 18.8 Å². The second kappa shape index (κ2) is 6.57. The molecule has 0 unspecified atom stereocenters. The highest BCUT2D eigenvalue weighted by Crippen LogP contribution is 2.25. The van der Waals surface area contributed by atoms with Crippen LogP contribution in [-0.2, 0) is 4.74 Å². The average molecular weight is 311 g/mol. The number of rotatable bonds is 3. The van der Waals surface area contributed by atoms with Crippen LogP contribution in [0.3, 0.4) is 0 Å². The lowest BCUT2D eigenvalue weighted by Crippen LogP contribution is -2.42. The summed E-state index contributed by atoms with van der Waals surface area (Å²) in [5.74, 6) is 0.296. The number of amides is 1. The summed E-state index contributed by atoms with van der Waals surface area (Å²) in [6.45, 7) is 6.73. The maximum Gasteiger partial charge on any atom is 0.707 e. The van der Waals surface area contributed by atoms with Gasteiger partial charge in [-0.15, -0.1) is 0 Å². The summed E-state index contributed by atoms with van der Waals surface area (Å²) >= 11 is 0. The van der Waals surface area contributed by atoms with Gasteiger partial charge in [0.25, 0.3) is 0 Å². The van der Waals surface area contributed by atoms with E-state index in [1.165, 1.54) is 6.20 Å². The van der Waals surface area contributed by atoms with Gasteiger partial charge < -0.3 is 24.3 Å². The maximum absolute atomic E-state index is 12.0. The number of carbonyl (C=O) groups excluding carboxylic acids is 1. The van der Waals surface area contributed by atoms with E-state index in [1.54, 1.807) is 15.8 Å². The molecule has 1 fully saturated rings. The molecule has 122 valence electrons. The molecule has 1 aliphatic heterocycles. The van der Waals surface area contributed by atoms with E-state index in [0.717, 1.165) is 12.8 Å². The Bertz CT molecular complexity index is 506. The Morgan fingerprint density at radius 1 is 1.36 bits per heavy atom. The van der Waals surface area contributed by atoms with Gasteiger partial charge >= 0.3 is 13.4 Å². The zero-order chi connectivity index (χ0) is 16.3. The molecule has 0 aliphatic carbocycles. The number of hydrogen-bond acceptors (Lipinski definition) is 6. The second-order valence-corrected chi connectivity index (χ2v) is 6.30. The first-order valence-electron chi connectivity index (χ1n) is 7.29. The fraction of sp³-hybridized carbons (Fsp3) is 0.692. The lowest BCUT2D eigenvalue weighted by molar-refractivity contribution is 0.0184. The minimum Gasteiger partial charge on any atom is -0.509 e. The van der Waals surface area contributed by atoms with Crippen LogP contribution in [0.25, 0.3) is 0 Å². The number of likely N-dealkylation sites (tertiary alicyclic amines) is 1. The van der Waals surface area contributed by atoms with Crippen LogP contribution in [0.1, 0.15) is 39.7 Å². The van der Waals surface area contributed by atoms with Gasteiger partial charge in [-0.2, -0.15) is 5.10 Å². The van der Waals surface area contributed by atoms with E-state index < -0.39 is 12.9 Å². The third-order valence-corrected chi connectivity index (χ3v) is 3.31. The number of hydrogen-bond donors (Lipinski definition) is 2. The molecule has 2 heterocycles. The predicted molar refractivity (Wildman–Crippen MR) is 79.1 cm³/mol. The van der Waals surface area contributed by atoms with E-state index in [1.807, 2.05) is 20.8 Å². The van der Waals surface area contributed by atoms with Crippen molar-refractivity contribution >= 4 is 13.4 Å². The van der Waals surface area contributed by atoms with E-state index in [-0.39, 0.29) is 12.1 Å². The Labute approximate surface area is 129 Å². The van der Waals surface area contributed by atoms with Gasteiger partial charge in [-0.3, -0.25) is 4.68 Å². The average Bonchev–Trinajstić information content (AvgIpc) is 2.84. The van der Waals surface area contributed by atoms with Crippen molar-refractivity contribution in [1.82, 2.24) is 14.7 Å². The molecule has 1 aromatic heterocycles. The van der Waals surface area contributed by atoms with Crippen LogP contribution in [0.5, 0.6) is 5.75 Å². The number of carbonyl (C=O) groups is 1. The molecule has 1 amide bonds. The van der Waals surface area contributed by atoms with E-state index >= 15 is 0 Å². The molecule has 9 heteroatoms. The lowest BCUT2D eigenvalue weighted by Gasteiger charge is -2.33. The normalized spacial score (nSPS) is 16.5. The zero-order valence-corrected chi connectivity index (χ0v) is 13.1. The van der Waals surface area contributed by atoms with Crippen molar-refractivity contribution in [3.63, 3.8) is 0 Å². The molecule has 0 radical (unpaired) electrons. The van der Waals surface area contributed by atoms with Crippen LogP contribution < -0.4 is 4.65 Å². The van der Waals surface area contributed by atoms with Crippen LogP contribution in [0, 0.1) is 0 Å². The molecule has 1 aliphatic rings. The Hall–Kier alpha value is -1.74. The summed E-state index contributed by atoms with van der Waals surface area (Å²) in [7, 11) is -1.85. The molecule has 0 aromatic carbocycles. The predicted octanol–water partition coefficient (Wildman–Crippen LogP) is 0.803. The van der Waals surface area contributed by atoms with Crippen molar-refractivity contribution in [2.24, 2.45) is 0 Å². The molecule has 0 saturated carbocycles. The quantitative estimate of drug-likeness (QED) is 0.802. The van der Waals surface area contributed by atoms with Crippen LogP contribution in [0.2, 0.25) is 0 Å². The minimum absolute atomic E-state index is 0.145. The molecule has 0 spiro atoms. The summed E-state index contributed by atoms with van der Waals surface area (Å²) in [5.41, 5.74) is -0.493. The molecule has 1 aromatic rings. The Kier molecular flexibility index (Phi) is 4.97. The number of nitrogens with zero attached hydrogens (tertiary/aromatic N) is 3. The fourth-order valence-electron chi connectivity index (χ4n) is 2.34. The highest BCUT2D eigenvalue weighted by atomic mass is 16.6. The molecule has 2 N–H and O–H groups in total. The van der Waals surface area contributed by atoms with Gasteiger partial charge in [-0.1, -0.05) is 0 Å². The Morgan fingerprint density at radius 3 is 2.55 bits per heavy atom. The van der Waals surface area contributed by atoms with Crippen LogP contribution in [-0.4, -0.2) is 56.8 Å². The molecule has 1 saturated heterocycles. The summed E-state index contributed by atoms with van der Waals surface area (Å²) in [6.07, 6.45) is 4.26. The van der Waals surface area contributed by atoms with Gasteiger partial charge in [0.2, 0.25) is 0 Å². The van der Waals surface area contributed by atoms with Crippen molar-refractivity contribution in [3.05, 3.63) is 12.4 Å². The first-order valence-corrected chi connectivity index (χ1v) is 7.29. The minimum atomic E-state index is -1.85. The van der Waals surface area contributed by atoms with Crippen LogP contribution in [0.15, 0.2) is 12.4 Å². The van der Waals surface area contributed by atoms with Crippen molar-refractivity contribution in [2.75, 3.05) is 13.1 Å². The topological polar surface area (TPSA) is 97.1 Å². The molecule has 2 rings (SSSR count). The van der Waals surface area contributed by atoms with Crippen LogP contribution >= 0.6 is 0 Å². The molecule has 22 heavy (non-hydrogen) atoms.